The van der Waals surface area contributed by atoms with Gasteiger partial charge >= 0.3 is 0 Å². The molecule has 31 heavy (non-hydrogen) atoms. The second-order valence-electron chi connectivity index (χ2n) is 8.88. The Morgan fingerprint density at radius 3 is 2.77 bits per heavy atom. The highest BCUT2D eigenvalue weighted by atomic mass is 16.4. The largest absolute Gasteiger partial charge is 0.388 e. The van der Waals surface area contributed by atoms with Crippen LogP contribution in [0.3, 0.4) is 0 Å². The van der Waals surface area contributed by atoms with Gasteiger partial charge in [-0.05, 0) is 60.9 Å². The van der Waals surface area contributed by atoms with Gasteiger partial charge in [0.1, 0.15) is 29.7 Å². The molecule has 1 aromatic carbocycles. The van der Waals surface area contributed by atoms with Gasteiger partial charge in [0.25, 0.3) is 0 Å². The van der Waals surface area contributed by atoms with Crippen LogP contribution in [0.25, 0.3) is 21.9 Å². The van der Waals surface area contributed by atoms with Gasteiger partial charge in [-0.15, -0.1) is 0 Å². The van der Waals surface area contributed by atoms with Crippen LogP contribution in [0.2, 0.25) is 0 Å². The Morgan fingerprint density at radius 2 is 1.94 bits per heavy atom. The molecule has 0 unspecified atom stereocenters. The minimum atomic E-state index is -1.45. The van der Waals surface area contributed by atoms with Crippen LogP contribution in [0.5, 0.6) is 0 Å². The molecule has 0 aliphatic heterocycles. The van der Waals surface area contributed by atoms with E-state index in [-0.39, 0.29) is 0 Å². The topological polar surface area (TPSA) is 136 Å². The fraction of sp³-hybridized carbons (Fsp3) is 0.348. The molecule has 5 rings (SSSR count). The van der Waals surface area contributed by atoms with Gasteiger partial charge in [-0.1, -0.05) is 19.1 Å². The zero-order chi connectivity index (χ0) is 21.8. The van der Waals surface area contributed by atoms with Crippen molar-refractivity contribution in [2.24, 2.45) is 5.41 Å². The van der Waals surface area contributed by atoms with Crippen molar-refractivity contribution in [3.8, 4) is 0 Å². The number of aliphatic hydroxyl groups excluding tert-OH is 1. The summed E-state index contributed by atoms with van der Waals surface area (Å²) in [5.41, 5.74) is 12.4. The van der Waals surface area contributed by atoms with Crippen LogP contribution >= 0.6 is 0 Å². The summed E-state index contributed by atoms with van der Waals surface area (Å²) in [7, 11) is 0. The lowest BCUT2D eigenvalue weighted by Crippen LogP contribution is -2.46. The van der Waals surface area contributed by atoms with E-state index < -0.39 is 17.2 Å². The highest BCUT2D eigenvalue weighted by Gasteiger charge is 2.54. The van der Waals surface area contributed by atoms with Gasteiger partial charge in [0.15, 0.2) is 5.72 Å². The van der Waals surface area contributed by atoms with Gasteiger partial charge in [0, 0.05) is 11.6 Å². The number of pyridine rings is 1. The minimum absolute atomic E-state index is 0.355. The van der Waals surface area contributed by atoms with Crippen molar-refractivity contribution in [3.63, 3.8) is 0 Å². The van der Waals surface area contributed by atoms with Gasteiger partial charge in [0.05, 0.1) is 10.9 Å². The van der Waals surface area contributed by atoms with E-state index >= 15 is 0 Å². The number of benzene rings is 1. The molecule has 1 fully saturated rings. The fourth-order valence-electron chi connectivity index (χ4n) is 4.86. The molecule has 0 saturated heterocycles. The van der Waals surface area contributed by atoms with Crippen LogP contribution in [0, 0.1) is 5.41 Å². The molecular weight excluding hydrogens is 392 g/mol. The molecule has 1 saturated carbocycles. The zero-order valence-corrected chi connectivity index (χ0v) is 17.4. The van der Waals surface area contributed by atoms with E-state index in [0.717, 1.165) is 29.3 Å². The number of aromatic nitrogens is 4. The third-order valence-corrected chi connectivity index (χ3v) is 6.85. The van der Waals surface area contributed by atoms with Gasteiger partial charge < -0.3 is 26.2 Å². The Hall–Kier alpha value is -3.23. The number of fused-ring (bicyclic) bond motifs is 2. The summed E-state index contributed by atoms with van der Waals surface area (Å²) in [6.45, 7) is 2.03. The van der Waals surface area contributed by atoms with Crippen LogP contribution in [0.15, 0.2) is 48.9 Å². The summed E-state index contributed by atoms with van der Waals surface area (Å²) in [5, 5.41) is 24.5. The third-order valence-electron chi connectivity index (χ3n) is 6.85. The Labute approximate surface area is 179 Å². The van der Waals surface area contributed by atoms with Gasteiger partial charge in [-0.2, -0.15) is 0 Å². The number of nitrogens with zero attached hydrogens (tertiary/aromatic N) is 4. The molecule has 6 N–H and O–H groups in total. The fourth-order valence-corrected chi connectivity index (χ4v) is 4.86. The highest BCUT2D eigenvalue weighted by Crippen LogP contribution is 2.50. The lowest BCUT2D eigenvalue weighted by molar-refractivity contribution is -0.140. The highest BCUT2D eigenvalue weighted by molar-refractivity contribution is 5.86. The molecule has 0 amide bonds. The predicted molar refractivity (Wildman–Crippen MR) is 120 cm³/mol. The summed E-state index contributed by atoms with van der Waals surface area (Å²) >= 11 is 0. The number of nitrogens with two attached hydrogens (primary N) is 2. The molecular formula is C23H26N6O2. The molecule has 0 radical (unpaired) electrons. The normalized spacial score (nSPS) is 26.1. The summed E-state index contributed by atoms with van der Waals surface area (Å²) in [6.07, 6.45) is 4.74. The van der Waals surface area contributed by atoms with E-state index in [9.17, 15) is 10.2 Å². The Morgan fingerprint density at radius 1 is 1.13 bits per heavy atom. The van der Waals surface area contributed by atoms with E-state index in [4.69, 9.17) is 11.5 Å². The molecule has 3 atom stereocenters. The van der Waals surface area contributed by atoms with Crippen molar-refractivity contribution in [1.29, 1.82) is 0 Å². The molecule has 160 valence electrons. The first-order valence-corrected chi connectivity index (χ1v) is 10.4. The number of hydrogen-bond donors (Lipinski definition) is 4. The van der Waals surface area contributed by atoms with E-state index in [1.165, 1.54) is 6.33 Å². The van der Waals surface area contributed by atoms with E-state index in [1.807, 2.05) is 25.1 Å². The van der Waals surface area contributed by atoms with E-state index in [1.54, 1.807) is 22.9 Å². The van der Waals surface area contributed by atoms with Crippen molar-refractivity contribution in [2.75, 3.05) is 11.5 Å². The number of aliphatic hydroxyl groups is 2. The van der Waals surface area contributed by atoms with Gasteiger partial charge in [-0.25, -0.2) is 15.0 Å². The monoisotopic (exact) mass is 418 g/mol. The number of aryl methyl sites for hydroxylation is 1. The van der Waals surface area contributed by atoms with Crippen LogP contribution in [0.4, 0.5) is 11.6 Å². The van der Waals surface area contributed by atoms with Crippen molar-refractivity contribution in [1.82, 2.24) is 19.5 Å². The maximum absolute atomic E-state index is 11.5. The second kappa shape index (κ2) is 6.90. The Kier molecular flexibility index (Phi) is 4.39. The van der Waals surface area contributed by atoms with Crippen LogP contribution in [-0.4, -0.2) is 35.8 Å². The molecule has 4 aromatic rings. The average Bonchev–Trinajstić information content (AvgIpc) is 3.30. The molecule has 1 aliphatic carbocycles. The Bertz CT molecular complexity index is 1290. The number of rotatable bonds is 4. The molecule has 1 aliphatic rings. The van der Waals surface area contributed by atoms with Crippen molar-refractivity contribution < 1.29 is 10.2 Å². The summed E-state index contributed by atoms with van der Waals surface area (Å²) < 4.78 is 1.64. The summed E-state index contributed by atoms with van der Waals surface area (Å²) in [5.74, 6) is 0.851. The van der Waals surface area contributed by atoms with Crippen LogP contribution < -0.4 is 11.5 Å². The number of hydrogen-bond acceptors (Lipinski definition) is 7. The zero-order valence-electron chi connectivity index (χ0n) is 17.4. The Balaban J connectivity index is 1.40. The van der Waals surface area contributed by atoms with E-state index in [2.05, 4.69) is 21.0 Å². The summed E-state index contributed by atoms with van der Waals surface area (Å²) in [4.78, 5) is 12.7. The first-order valence-electron chi connectivity index (χ1n) is 10.4. The minimum Gasteiger partial charge on any atom is -0.388 e. The SMILES string of the molecule is C[C@]1(CCc2ccc3ccc(N)nc3c2)CC[C@@](O)(n2ccc3c(N)ncnc32)[C@@H]1O. The van der Waals surface area contributed by atoms with Crippen LogP contribution in [0.1, 0.15) is 31.7 Å². The smallest absolute Gasteiger partial charge is 0.169 e. The lowest BCUT2D eigenvalue weighted by Gasteiger charge is -2.36. The molecule has 8 heteroatoms. The first kappa shape index (κ1) is 19.7. The molecule has 8 nitrogen and oxygen atoms in total. The molecule has 0 bridgehead atoms. The predicted octanol–water partition coefficient (Wildman–Crippen LogP) is 2.58. The van der Waals surface area contributed by atoms with Crippen molar-refractivity contribution in [2.45, 2.75) is 44.4 Å². The average molecular weight is 419 g/mol. The van der Waals surface area contributed by atoms with Gasteiger partial charge in [-0.3, -0.25) is 0 Å². The van der Waals surface area contributed by atoms with Crippen LogP contribution in [-0.2, 0) is 12.1 Å². The standard InChI is InChI=1S/C23H26N6O2/c1-22(8-6-14-2-3-15-4-5-18(24)28-17(15)12-14)9-10-23(31,21(22)30)29-11-7-16-19(25)26-13-27-20(16)29/h2-5,7,11-13,21,30-31H,6,8-10H2,1H3,(H2,24,28)(H2,25,26,27)/t21-,22+,23+/m1/s1. The first-order chi connectivity index (χ1) is 14.8. The number of anilines is 2. The second-order valence-corrected chi connectivity index (χ2v) is 8.88. The third kappa shape index (κ3) is 3.10. The summed E-state index contributed by atoms with van der Waals surface area (Å²) in [6, 6.07) is 11.7. The van der Waals surface area contributed by atoms with E-state index in [0.29, 0.717) is 35.5 Å². The number of nitrogen functional groups attached to an aromatic ring is 2. The molecule has 3 heterocycles. The van der Waals surface area contributed by atoms with Crippen molar-refractivity contribution in [3.05, 3.63) is 54.5 Å². The lowest BCUT2D eigenvalue weighted by atomic mass is 9.79. The molecule has 0 spiro atoms. The van der Waals surface area contributed by atoms with Gasteiger partial charge in [0.2, 0.25) is 0 Å². The van der Waals surface area contributed by atoms with Crippen molar-refractivity contribution >= 4 is 33.6 Å². The quantitative estimate of drug-likeness (QED) is 0.400. The maximum Gasteiger partial charge on any atom is 0.169 e. The molecule has 3 aromatic heterocycles. The maximum atomic E-state index is 11.5.